The highest BCUT2D eigenvalue weighted by molar-refractivity contribution is 5.94. The summed E-state index contributed by atoms with van der Waals surface area (Å²) in [5.74, 6) is -1.70. The van der Waals surface area contributed by atoms with Gasteiger partial charge in [0.2, 0.25) is 0 Å². The van der Waals surface area contributed by atoms with E-state index in [2.05, 4.69) is 4.90 Å². The molecule has 22 heavy (non-hydrogen) atoms. The van der Waals surface area contributed by atoms with Crippen LogP contribution in [0.4, 0.5) is 8.78 Å². The minimum atomic E-state index is -0.673. The summed E-state index contributed by atoms with van der Waals surface area (Å²) in [6.45, 7) is 4.26. The molecule has 0 spiro atoms. The Labute approximate surface area is 128 Å². The zero-order valence-corrected chi connectivity index (χ0v) is 12.4. The standard InChI is InChI=1S/C16H20F2N2O2/c17-12-3-4-15(18)14(10-12)16(21)20-7-5-19(6-8-20)11-13-2-1-9-22-13/h3-4,10,13H,1-2,5-9,11H2. The molecule has 2 fully saturated rings. The van der Waals surface area contributed by atoms with Crippen molar-refractivity contribution in [1.82, 2.24) is 9.80 Å². The van der Waals surface area contributed by atoms with Crippen LogP contribution in [0.3, 0.4) is 0 Å². The van der Waals surface area contributed by atoms with Crippen LogP contribution in [0.1, 0.15) is 23.2 Å². The van der Waals surface area contributed by atoms with Crippen LogP contribution in [-0.2, 0) is 4.74 Å². The van der Waals surface area contributed by atoms with Crippen molar-refractivity contribution in [2.24, 2.45) is 0 Å². The highest BCUT2D eigenvalue weighted by Gasteiger charge is 2.26. The van der Waals surface area contributed by atoms with E-state index in [1.807, 2.05) is 0 Å². The van der Waals surface area contributed by atoms with E-state index in [-0.39, 0.29) is 5.56 Å². The van der Waals surface area contributed by atoms with Gasteiger partial charge in [0.1, 0.15) is 11.6 Å². The maximum absolute atomic E-state index is 13.7. The number of benzene rings is 1. The number of carbonyl (C=O) groups excluding carboxylic acids is 1. The first-order chi connectivity index (χ1) is 10.6. The Morgan fingerprint density at radius 1 is 1.23 bits per heavy atom. The number of carbonyl (C=O) groups is 1. The molecule has 1 amide bonds. The summed E-state index contributed by atoms with van der Waals surface area (Å²) in [6, 6.07) is 2.98. The largest absolute Gasteiger partial charge is 0.377 e. The molecule has 2 aliphatic heterocycles. The van der Waals surface area contributed by atoms with E-state index >= 15 is 0 Å². The summed E-state index contributed by atoms with van der Waals surface area (Å²) in [4.78, 5) is 16.2. The fourth-order valence-corrected chi connectivity index (χ4v) is 3.04. The van der Waals surface area contributed by atoms with Crippen LogP contribution in [0.2, 0.25) is 0 Å². The van der Waals surface area contributed by atoms with Gasteiger partial charge in [0.25, 0.3) is 5.91 Å². The van der Waals surface area contributed by atoms with Gasteiger partial charge in [-0.25, -0.2) is 8.78 Å². The molecule has 1 aromatic carbocycles. The molecule has 1 unspecified atom stereocenters. The second-order valence-corrected chi connectivity index (χ2v) is 5.85. The molecule has 4 nitrogen and oxygen atoms in total. The van der Waals surface area contributed by atoms with Crippen LogP contribution in [0.15, 0.2) is 18.2 Å². The van der Waals surface area contributed by atoms with Crippen LogP contribution in [0.25, 0.3) is 0 Å². The lowest BCUT2D eigenvalue weighted by atomic mass is 10.1. The Kier molecular flexibility index (Phi) is 4.69. The van der Waals surface area contributed by atoms with E-state index < -0.39 is 17.5 Å². The molecule has 2 saturated heterocycles. The maximum Gasteiger partial charge on any atom is 0.257 e. The summed E-state index contributed by atoms with van der Waals surface area (Å²) in [7, 11) is 0. The van der Waals surface area contributed by atoms with Gasteiger partial charge in [0.05, 0.1) is 11.7 Å². The summed E-state index contributed by atoms with van der Waals surface area (Å²) in [5, 5.41) is 0. The number of nitrogens with zero attached hydrogens (tertiary/aromatic N) is 2. The summed E-state index contributed by atoms with van der Waals surface area (Å²) in [6.07, 6.45) is 2.50. The van der Waals surface area contributed by atoms with Crippen molar-refractivity contribution in [3.05, 3.63) is 35.4 Å². The van der Waals surface area contributed by atoms with Gasteiger partial charge in [0, 0.05) is 39.3 Å². The number of ether oxygens (including phenoxy) is 1. The fourth-order valence-electron chi connectivity index (χ4n) is 3.04. The lowest BCUT2D eigenvalue weighted by Gasteiger charge is -2.35. The molecule has 3 rings (SSSR count). The first kappa shape index (κ1) is 15.4. The molecule has 0 aromatic heterocycles. The van der Waals surface area contributed by atoms with Gasteiger partial charge >= 0.3 is 0 Å². The van der Waals surface area contributed by atoms with E-state index in [0.717, 1.165) is 57.3 Å². The summed E-state index contributed by atoms with van der Waals surface area (Å²) >= 11 is 0. The van der Waals surface area contributed by atoms with E-state index in [4.69, 9.17) is 4.74 Å². The Hall–Kier alpha value is -1.53. The zero-order valence-electron chi connectivity index (χ0n) is 12.4. The Bertz CT molecular complexity index is 539. The van der Waals surface area contributed by atoms with Gasteiger partial charge in [0.15, 0.2) is 0 Å². The second-order valence-electron chi connectivity index (χ2n) is 5.85. The number of piperazine rings is 1. The number of hydrogen-bond acceptors (Lipinski definition) is 3. The predicted octanol–water partition coefficient (Wildman–Crippen LogP) is 1.90. The number of hydrogen-bond donors (Lipinski definition) is 0. The maximum atomic E-state index is 13.7. The normalized spacial score (nSPS) is 23.0. The molecular weight excluding hydrogens is 290 g/mol. The summed E-state index contributed by atoms with van der Waals surface area (Å²) in [5.41, 5.74) is -0.187. The highest BCUT2D eigenvalue weighted by Crippen LogP contribution is 2.17. The monoisotopic (exact) mass is 310 g/mol. The third kappa shape index (κ3) is 3.44. The molecule has 2 heterocycles. The van der Waals surface area contributed by atoms with E-state index in [1.165, 1.54) is 0 Å². The van der Waals surface area contributed by atoms with Crippen LogP contribution in [0.5, 0.6) is 0 Å². The molecule has 0 N–H and O–H groups in total. The fraction of sp³-hybridized carbons (Fsp3) is 0.562. The van der Waals surface area contributed by atoms with E-state index in [1.54, 1.807) is 4.90 Å². The van der Waals surface area contributed by atoms with Gasteiger partial charge in [-0.15, -0.1) is 0 Å². The topological polar surface area (TPSA) is 32.8 Å². The number of amides is 1. The second kappa shape index (κ2) is 6.71. The number of halogens is 2. The average molecular weight is 310 g/mol. The van der Waals surface area contributed by atoms with Crippen molar-refractivity contribution in [2.75, 3.05) is 39.3 Å². The molecular formula is C16H20F2N2O2. The molecule has 1 aromatic rings. The Balaban J connectivity index is 1.56. The van der Waals surface area contributed by atoms with Crippen LogP contribution in [-0.4, -0.2) is 61.1 Å². The Morgan fingerprint density at radius 3 is 2.68 bits per heavy atom. The third-order valence-corrected chi connectivity index (χ3v) is 4.30. The molecule has 0 saturated carbocycles. The van der Waals surface area contributed by atoms with Crippen molar-refractivity contribution in [2.45, 2.75) is 18.9 Å². The highest BCUT2D eigenvalue weighted by atomic mass is 19.1. The number of rotatable bonds is 3. The molecule has 6 heteroatoms. The first-order valence-electron chi connectivity index (χ1n) is 7.72. The minimum Gasteiger partial charge on any atom is -0.377 e. The smallest absolute Gasteiger partial charge is 0.257 e. The van der Waals surface area contributed by atoms with E-state index in [0.29, 0.717) is 19.2 Å². The van der Waals surface area contributed by atoms with Crippen molar-refractivity contribution in [3.8, 4) is 0 Å². The van der Waals surface area contributed by atoms with Crippen molar-refractivity contribution in [3.63, 3.8) is 0 Å². The third-order valence-electron chi connectivity index (χ3n) is 4.30. The lowest BCUT2D eigenvalue weighted by Crippen LogP contribution is -2.50. The van der Waals surface area contributed by atoms with Gasteiger partial charge < -0.3 is 9.64 Å². The molecule has 120 valence electrons. The van der Waals surface area contributed by atoms with Gasteiger partial charge in [-0.3, -0.25) is 9.69 Å². The Morgan fingerprint density at radius 2 is 2.00 bits per heavy atom. The van der Waals surface area contributed by atoms with Gasteiger partial charge in [-0.1, -0.05) is 0 Å². The quantitative estimate of drug-likeness (QED) is 0.855. The van der Waals surface area contributed by atoms with Gasteiger partial charge in [-0.2, -0.15) is 0 Å². The molecule has 0 bridgehead atoms. The molecule has 1 atom stereocenters. The van der Waals surface area contributed by atoms with Crippen LogP contribution >= 0.6 is 0 Å². The van der Waals surface area contributed by atoms with Crippen molar-refractivity contribution in [1.29, 1.82) is 0 Å². The van der Waals surface area contributed by atoms with E-state index in [9.17, 15) is 13.6 Å². The average Bonchev–Trinajstić information content (AvgIpc) is 3.03. The SMILES string of the molecule is O=C(c1cc(F)ccc1F)N1CCN(CC2CCCO2)CC1. The lowest BCUT2D eigenvalue weighted by molar-refractivity contribution is 0.0430. The molecule has 2 aliphatic rings. The van der Waals surface area contributed by atoms with Crippen LogP contribution in [0, 0.1) is 11.6 Å². The molecule has 0 aliphatic carbocycles. The zero-order chi connectivity index (χ0) is 15.5. The minimum absolute atomic E-state index is 0.187. The first-order valence-corrected chi connectivity index (χ1v) is 7.72. The molecule has 0 radical (unpaired) electrons. The predicted molar refractivity (Wildman–Crippen MR) is 77.7 cm³/mol. The van der Waals surface area contributed by atoms with Crippen molar-refractivity contribution < 1.29 is 18.3 Å². The van der Waals surface area contributed by atoms with Crippen LogP contribution < -0.4 is 0 Å². The van der Waals surface area contributed by atoms with Gasteiger partial charge in [-0.05, 0) is 31.0 Å². The summed E-state index contributed by atoms with van der Waals surface area (Å²) < 4.78 is 32.5. The van der Waals surface area contributed by atoms with Crippen molar-refractivity contribution >= 4 is 5.91 Å².